The van der Waals surface area contributed by atoms with Crippen molar-refractivity contribution in [1.29, 1.82) is 0 Å². The molecule has 1 aliphatic rings. The average Bonchev–Trinajstić information content (AvgIpc) is 1.84. The van der Waals surface area contributed by atoms with Gasteiger partial charge in [-0.3, -0.25) is 4.57 Å². The first-order valence-corrected chi connectivity index (χ1v) is 29.8. The Morgan fingerprint density at radius 3 is 1.54 bits per heavy atom. The number of pyridine rings is 1. The summed E-state index contributed by atoms with van der Waals surface area (Å²) in [4.78, 5) is 10.1. The Balaban J connectivity index is 1.02. The van der Waals surface area contributed by atoms with Crippen LogP contribution in [0, 0.1) is 20.8 Å². The van der Waals surface area contributed by atoms with Gasteiger partial charge < -0.3 is 19.0 Å². The van der Waals surface area contributed by atoms with Crippen LogP contribution >= 0.6 is 0 Å². The van der Waals surface area contributed by atoms with Gasteiger partial charge in [0.15, 0.2) is 0 Å². The number of nitrogens with zero attached hydrogens (tertiary/aromatic N) is 4. The van der Waals surface area contributed by atoms with E-state index in [1.807, 2.05) is 12.3 Å². The predicted octanol–water partition coefficient (Wildman–Crippen LogP) is 21.9. The Morgan fingerprint density at radius 1 is 0.434 bits per heavy atom. The molecule has 1 aliphatic heterocycles. The van der Waals surface area contributed by atoms with Gasteiger partial charge in [-0.2, -0.15) is 0 Å². The summed E-state index contributed by atoms with van der Waals surface area (Å²) in [7, 11) is 0. The highest BCUT2D eigenvalue weighted by molar-refractivity contribution is 6.24. The third-order valence-corrected chi connectivity index (χ3v) is 17.7. The number of hydrogen-bond acceptors (Lipinski definition) is 5. The number of rotatable bonds is 7. The van der Waals surface area contributed by atoms with Gasteiger partial charge in [0.2, 0.25) is 0 Å². The van der Waals surface area contributed by atoms with Crippen LogP contribution in [0.15, 0.2) is 162 Å². The second-order valence-electron chi connectivity index (χ2n) is 28.8. The van der Waals surface area contributed by atoms with Crippen molar-refractivity contribution in [1.82, 2.24) is 9.55 Å². The van der Waals surface area contributed by atoms with E-state index in [1.54, 1.807) is 0 Å². The summed E-state index contributed by atoms with van der Waals surface area (Å²) in [5.41, 5.74) is 23.6. The van der Waals surface area contributed by atoms with Crippen molar-refractivity contribution in [2.75, 3.05) is 16.5 Å². The molecule has 0 bridgehead atoms. The number of benzene rings is 8. The van der Waals surface area contributed by atoms with E-state index in [1.165, 1.54) is 72.4 Å². The second kappa shape index (κ2) is 19.5. The largest absolute Gasteiger partial charge is 0.457 e. The first-order chi connectivity index (χ1) is 39.0. The van der Waals surface area contributed by atoms with Crippen molar-refractivity contribution in [2.24, 2.45) is 0 Å². The minimum atomic E-state index is -0.0698. The number of hydrogen-bond donors (Lipinski definition) is 0. The molecule has 0 N–H and O–H groups in total. The van der Waals surface area contributed by atoms with Gasteiger partial charge in [-0.1, -0.05) is 177 Å². The number of furan rings is 1. The molecule has 0 amide bonds. The van der Waals surface area contributed by atoms with Crippen LogP contribution in [0.4, 0.5) is 22.7 Å². The fourth-order valence-electron chi connectivity index (χ4n) is 12.4. The third-order valence-electron chi connectivity index (χ3n) is 17.7. The van der Waals surface area contributed by atoms with E-state index in [4.69, 9.17) is 14.1 Å². The number of ether oxygens (including phenoxy) is 1. The molecule has 83 heavy (non-hydrogen) atoms. The lowest BCUT2D eigenvalue weighted by molar-refractivity contribution is 0.483. The van der Waals surface area contributed by atoms with Crippen molar-refractivity contribution in [3.05, 3.63) is 202 Å². The van der Waals surface area contributed by atoms with Gasteiger partial charge in [-0.15, -0.1) is 0 Å². The van der Waals surface area contributed by atoms with Crippen LogP contribution in [0.1, 0.15) is 148 Å². The zero-order chi connectivity index (χ0) is 59.0. The minimum Gasteiger partial charge on any atom is -0.457 e. The summed E-state index contributed by atoms with van der Waals surface area (Å²) in [6.45, 7) is 42.5. The molecule has 12 rings (SSSR count). The summed E-state index contributed by atoms with van der Waals surface area (Å²) >= 11 is 0. The number of fused-ring (bicyclic) bond motifs is 8. The van der Waals surface area contributed by atoms with Crippen LogP contribution in [0.3, 0.4) is 0 Å². The molecular weight excluding hydrogens is 1010 g/mol. The molecule has 4 heterocycles. The number of aromatic nitrogens is 2. The van der Waals surface area contributed by atoms with Gasteiger partial charge in [-0.05, 0) is 170 Å². The van der Waals surface area contributed by atoms with Crippen molar-refractivity contribution in [3.63, 3.8) is 0 Å². The Labute approximate surface area is 492 Å². The summed E-state index contributed by atoms with van der Waals surface area (Å²) in [5.74, 6) is 2.33. The van der Waals surface area contributed by atoms with E-state index in [-0.39, 0.29) is 27.1 Å². The van der Waals surface area contributed by atoms with Gasteiger partial charge in [-0.25, -0.2) is 4.98 Å². The zero-order valence-electron chi connectivity index (χ0n) is 52.3. The first kappa shape index (κ1) is 55.4. The molecule has 0 radical (unpaired) electrons. The molecule has 0 unspecified atom stereocenters. The molecule has 6 heteroatoms. The van der Waals surface area contributed by atoms with Gasteiger partial charge in [0.1, 0.15) is 35.2 Å². The summed E-state index contributed by atoms with van der Waals surface area (Å²) in [6, 6.07) is 55.9. The Morgan fingerprint density at radius 2 is 0.964 bits per heavy atom. The quantitative estimate of drug-likeness (QED) is 0.159. The topological polar surface area (TPSA) is 46.7 Å². The molecule has 8 aromatic carbocycles. The van der Waals surface area contributed by atoms with Gasteiger partial charge in [0.25, 0.3) is 0 Å². The molecule has 422 valence electrons. The van der Waals surface area contributed by atoms with Crippen LogP contribution in [0.2, 0.25) is 0 Å². The van der Waals surface area contributed by atoms with Crippen LogP contribution < -0.4 is 14.5 Å². The highest BCUT2D eigenvalue weighted by Crippen LogP contribution is 2.55. The Kier molecular flexibility index (Phi) is 13.0. The van der Waals surface area contributed by atoms with Gasteiger partial charge >= 0.3 is 0 Å². The third kappa shape index (κ3) is 9.76. The lowest BCUT2D eigenvalue weighted by Crippen LogP contribution is -2.26. The molecule has 0 saturated heterocycles. The molecule has 0 aliphatic carbocycles. The van der Waals surface area contributed by atoms with Gasteiger partial charge in [0.05, 0.1) is 33.5 Å². The van der Waals surface area contributed by atoms with Crippen LogP contribution in [0.25, 0.3) is 71.8 Å². The maximum atomic E-state index is 7.04. The SMILES string of the molecule is Cc1c(C)c(-c2cc(C(C)(C)C)cc(C(C)(C)C)c2)c(N2CN(c3cccc(Oc4ccc5c6c7oc8ccccc8c7ccc6n(-c6cc(C(C)(C)C)ccn6)c5c4)c3)c3ccccc32)c(-c2cc(C(C)(C)C)cc(C(C)(C)C)c2)c1C. The normalized spacial score (nSPS) is 13.6. The van der Waals surface area contributed by atoms with Gasteiger partial charge in [0, 0.05) is 51.3 Å². The molecule has 6 nitrogen and oxygen atoms in total. The smallest absolute Gasteiger partial charge is 0.145 e. The Bertz CT molecular complexity index is 4230. The van der Waals surface area contributed by atoms with Crippen molar-refractivity contribution in [2.45, 2.75) is 152 Å². The van der Waals surface area contributed by atoms with Crippen LogP contribution in [-0.4, -0.2) is 16.2 Å². The standard InChI is InChI=1S/C77H82N4O2/c1-46-47(2)68(49-36-52(74(7,8)9)40-53(37-49)75(10,11)12)71(69(48(46)3)50-38-54(76(13,14)15)41-55(39-50)77(16,17)18)80-45-79(62-27-20-21-28-63(62)80)56-24-23-25-57(43-56)82-58-30-31-61-65(44-58)81(67-42-51(34-35-78-67)73(4,5)6)64-33-32-60-59-26-19-22-29-66(59)83-72(60)70(61)64/h19-44H,45H2,1-18H3. The predicted molar refractivity (Wildman–Crippen MR) is 353 cm³/mol. The summed E-state index contributed by atoms with van der Waals surface area (Å²) in [6.07, 6.45) is 1.93. The summed E-state index contributed by atoms with van der Waals surface area (Å²) < 4.78 is 16.0. The van der Waals surface area contributed by atoms with E-state index < -0.39 is 0 Å². The highest BCUT2D eigenvalue weighted by Gasteiger charge is 2.35. The van der Waals surface area contributed by atoms with E-state index in [0.717, 1.165) is 78.1 Å². The van der Waals surface area contributed by atoms with Crippen LogP contribution in [0.5, 0.6) is 11.5 Å². The molecule has 0 atom stereocenters. The van der Waals surface area contributed by atoms with E-state index in [0.29, 0.717) is 6.67 Å². The summed E-state index contributed by atoms with van der Waals surface area (Å²) in [5, 5.41) is 4.33. The maximum Gasteiger partial charge on any atom is 0.145 e. The molecule has 0 saturated carbocycles. The van der Waals surface area contributed by atoms with E-state index in [9.17, 15) is 0 Å². The van der Waals surface area contributed by atoms with E-state index in [2.05, 4.69) is 285 Å². The molecule has 0 fully saturated rings. The lowest BCUT2D eigenvalue weighted by atomic mass is 9.76. The lowest BCUT2D eigenvalue weighted by Gasteiger charge is -2.33. The fourth-order valence-corrected chi connectivity index (χ4v) is 12.4. The monoisotopic (exact) mass is 1090 g/mol. The maximum absolute atomic E-state index is 7.04. The zero-order valence-corrected chi connectivity index (χ0v) is 52.3. The first-order valence-electron chi connectivity index (χ1n) is 29.8. The molecule has 11 aromatic rings. The molecule has 0 spiro atoms. The average molecular weight is 1100 g/mol. The van der Waals surface area contributed by atoms with Crippen LogP contribution in [-0.2, 0) is 27.1 Å². The highest BCUT2D eigenvalue weighted by atomic mass is 16.5. The van der Waals surface area contributed by atoms with Crippen molar-refractivity contribution in [3.8, 4) is 39.6 Å². The van der Waals surface area contributed by atoms with Crippen molar-refractivity contribution < 1.29 is 9.15 Å². The minimum absolute atomic E-state index is 0.0684. The Hall–Kier alpha value is -8.09. The van der Waals surface area contributed by atoms with Crippen molar-refractivity contribution >= 4 is 66.5 Å². The number of para-hydroxylation sites is 3. The number of anilines is 4. The molecule has 3 aromatic heterocycles. The van der Waals surface area contributed by atoms with E-state index >= 15 is 0 Å². The second-order valence-corrected chi connectivity index (χ2v) is 28.8. The molecular formula is C77H82N4O2. The fraction of sp³-hybridized carbons (Fsp3) is 0.312.